The summed E-state index contributed by atoms with van der Waals surface area (Å²) in [6, 6.07) is 4.12. The number of piperidine rings is 1. The van der Waals surface area contributed by atoms with Gasteiger partial charge in [-0.15, -0.1) is 6.58 Å². The Morgan fingerprint density at radius 3 is 2.64 bits per heavy atom. The van der Waals surface area contributed by atoms with Crippen molar-refractivity contribution in [2.45, 2.75) is 64.1 Å². The molecule has 1 aliphatic rings. The topological polar surface area (TPSA) is 66.2 Å². The number of likely N-dealkylation sites (tertiary alicyclic amines) is 1. The van der Waals surface area contributed by atoms with E-state index in [0.29, 0.717) is 25.8 Å². The van der Waals surface area contributed by atoms with E-state index < -0.39 is 23.2 Å². The summed E-state index contributed by atoms with van der Waals surface area (Å²) in [5.41, 5.74) is 7.03. The maximum Gasteiger partial charge on any atom is 0.258 e. The highest BCUT2D eigenvalue weighted by molar-refractivity contribution is 5.56. The first-order valence-corrected chi connectivity index (χ1v) is 8.72. The van der Waals surface area contributed by atoms with Crippen molar-refractivity contribution in [2.75, 3.05) is 6.54 Å². The third-order valence-corrected chi connectivity index (χ3v) is 5.76. The van der Waals surface area contributed by atoms with E-state index in [2.05, 4.69) is 6.58 Å². The van der Waals surface area contributed by atoms with Crippen molar-refractivity contribution in [3.63, 3.8) is 0 Å². The predicted octanol–water partition coefficient (Wildman–Crippen LogP) is 3.20. The third-order valence-electron chi connectivity index (χ3n) is 5.76. The Balaban J connectivity index is 2.66. The van der Waals surface area contributed by atoms with Gasteiger partial charge in [0, 0.05) is 23.9 Å². The lowest BCUT2D eigenvalue weighted by molar-refractivity contribution is -0.952. The van der Waals surface area contributed by atoms with Gasteiger partial charge in [0.1, 0.15) is 11.9 Å². The highest BCUT2D eigenvalue weighted by Crippen LogP contribution is 2.48. The number of nitrogens with two attached hydrogens (primary N) is 1. The molecule has 1 heterocycles. The van der Waals surface area contributed by atoms with Crippen molar-refractivity contribution in [2.24, 2.45) is 5.73 Å². The number of hydrogen-bond donors (Lipinski definition) is 1. The summed E-state index contributed by atoms with van der Waals surface area (Å²) in [4.78, 5) is 12.4. The predicted molar refractivity (Wildman–Crippen MR) is 95.1 cm³/mol. The van der Waals surface area contributed by atoms with Gasteiger partial charge in [0.05, 0.1) is 12.1 Å². The number of carbonyl (C=O) groups excluding carboxylic acids is 1. The van der Waals surface area contributed by atoms with Crippen molar-refractivity contribution < 1.29 is 18.8 Å². The zero-order valence-corrected chi connectivity index (χ0v) is 15.6. The van der Waals surface area contributed by atoms with Crippen LogP contribution in [0.15, 0.2) is 30.9 Å². The van der Waals surface area contributed by atoms with Crippen molar-refractivity contribution in [1.82, 2.24) is 0 Å². The molecule has 1 saturated heterocycles. The summed E-state index contributed by atoms with van der Waals surface area (Å²) < 4.78 is 13.4. The monoisotopic (exact) mass is 348 g/mol. The zero-order chi connectivity index (χ0) is 19.0. The molecule has 25 heavy (non-hydrogen) atoms. The number of carbonyl (C=O) groups is 1. The van der Waals surface area contributed by atoms with Crippen molar-refractivity contribution in [3.8, 4) is 0 Å². The minimum absolute atomic E-state index is 0.213. The molecule has 0 aliphatic carbocycles. The summed E-state index contributed by atoms with van der Waals surface area (Å²) >= 11 is 0. The molecule has 5 heteroatoms. The van der Waals surface area contributed by atoms with Crippen LogP contribution in [0.1, 0.15) is 57.2 Å². The molecule has 4 nitrogen and oxygen atoms in total. The number of amides is 1. The van der Waals surface area contributed by atoms with E-state index in [1.54, 1.807) is 12.1 Å². The third kappa shape index (κ3) is 3.35. The number of halogens is 1. The van der Waals surface area contributed by atoms with Gasteiger partial charge in [0.25, 0.3) is 6.09 Å². The molecule has 0 aromatic heterocycles. The number of quaternary nitrogens is 1. The quantitative estimate of drug-likeness (QED) is 0.674. The van der Waals surface area contributed by atoms with Gasteiger partial charge in [-0.2, -0.15) is 0 Å². The molecule has 1 aromatic rings. The van der Waals surface area contributed by atoms with Gasteiger partial charge in [-0.3, -0.25) is 4.48 Å². The van der Waals surface area contributed by atoms with Gasteiger partial charge < -0.3 is 15.6 Å². The molecule has 1 unspecified atom stereocenters. The van der Waals surface area contributed by atoms with Crippen molar-refractivity contribution in [3.05, 3.63) is 47.8 Å². The number of carboxylic acid groups (broad SMARTS) is 1. The molecule has 2 N–H and O–H groups in total. The number of benzene rings is 1. The maximum atomic E-state index is 13.6. The minimum atomic E-state index is -1.11. The average Bonchev–Trinajstić information content (AvgIpc) is 2.45. The normalized spacial score (nSPS) is 30.1. The molecular formula is C20H29FN2O2. The summed E-state index contributed by atoms with van der Waals surface area (Å²) in [6.07, 6.45) is 2.34. The van der Waals surface area contributed by atoms with Gasteiger partial charge in [-0.05, 0) is 57.9 Å². The molecule has 0 bridgehead atoms. The van der Waals surface area contributed by atoms with Crippen LogP contribution in [0.5, 0.6) is 0 Å². The van der Waals surface area contributed by atoms with Crippen LogP contribution in [0.4, 0.5) is 9.18 Å². The Hall–Kier alpha value is -1.72. The maximum absolute atomic E-state index is 13.6. The largest absolute Gasteiger partial charge is 0.498 e. The lowest BCUT2D eigenvalue weighted by Gasteiger charge is -2.58. The lowest BCUT2D eigenvalue weighted by Crippen LogP contribution is -2.73. The molecule has 0 radical (unpaired) electrons. The SMILES string of the molecule is C=CC[C@]1(N)CC[N+](C(=O)[O-])(C(C)(C)C)[C@@H](c2ccc(F)cc2C)C1. The molecule has 0 spiro atoms. The van der Waals surface area contributed by atoms with Gasteiger partial charge in [0.2, 0.25) is 0 Å². The molecule has 2 rings (SSSR count). The van der Waals surface area contributed by atoms with E-state index >= 15 is 0 Å². The Kier molecular flexibility index (Phi) is 5.13. The average molecular weight is 348 g/mol. The molecule has 1 amide bonds. The first-order valence-electron chi connectivity index (χ1n) is 8.72. The van der Waals surface area contributed by atoms with Crippen LogP contribution in [0.25, 0.3) is 0 Å². The second-order valence-corrected chi connectivity index (χ2v) is 8.36. The smallest absolute Gasteiger partial charge is 0.258 e. The Bertz CT molecular complexity index is 683. The second kappa shape index (κ2) is 6.54. The second-order valence-electron chi connectivity index (χ2n) is 8.36. The molecule has 0 saturated carbocycles. The summed E-state index contributed by atoms with van der Waals surface area (Å²) in [5.74, 6) is -0.329. The van der Waals surface area contributed by atoms with E-state index in [1.165, 1.54) is 12.1 Å². The number of aryl methyl sites for hydroxylation is 1. The molecule has 1 fully saturated rings. The van der Waals surface area contributed by atoms with Crippen LogP contribution in [0.3, 0.4) is 0 Å². The Morgan fingerprint density at radius 1 is 1.52 bits per heavy atom. The minimum Gasteiger partial charge on any atom is -0.498 e. The fraction of sp³-hybridized carbons (Fsp3) is 0.550. The first kappa shape index (κ1) is 19.6. The molecule has 1 aromatic carbocycles. The number of hydrogen-bond acceptors (Lipinski definition) is 3. The zero-order valence-electron chi connectivity index (χ0n) is 15.6. The van der Waals surface area contributed by atoms with Crippen LogP contribution in [-0.4, -0.2) is 28.2 Å². The fourth-order valence-electron chi connectivity index (χ4n) is 4.33. The van der Waals surface area contributed by atoms with Crippen LogP contribution in [0.2, 0.25) is 0 Å². The fourth-order valence-corrected chi connectivity index (χ4v) is 4.33. The van der Waals surface area contributed by atoms with Gasteiger partial charge >= 0.3 is 0 Å². The van der Waals surface area contributed by atoms with Gasteiger partial charge in [-0.25, -0.2) is 4.39 Å². The Morgan fingerprint density at radius 2 is 2.16 bits per heavy atom. The first-order chi connectivity index (χ1) is 11.5. The van der Waals surface area contributed by atoms with E-state index in [4.69, 9.17) is 5.73 Å². The van der Waals surface area contributed by atoms with E-state index in [0.717, 1.165) is 11.1 Å². The number of nitrogens with zero attached hydrogens (tertiary/aromatic N) is 1. The van der Waals surface area contributed by atoms with Crippen LogP contribution < -0.4 is 10.8 Å². The van der Waals surface area contributed by atoms with Crippen molar-refractivity contribution in [1.29, 1.82) is 0 Å². The van der Waals surface area contributed by atoms with E-state index in [1.807, 2.05) is 27.7 Å². The van der Waals surface area contributed by atoms with E-state index in [-0.39, 0.29) is 10.3 Å². The van der Waals surface area contributed by atoms with E-state index in [9.17, 15) is 14.3 Å². The van der Waals surface area contributed by atoms with Crippen LogP contribution >= 0.6 is 0 Å². The molecule has 138 valence electrons. The van der Waals surface area contributed by atoms with Gasteiger partial charge in [-0.1, -0.05) is 6.08 Å². The van der Waals surface area contributed by atoms with Crippen molar-refractivity contribution >= 4 is 6.09 Å². The van der Waals surface area contributed by atoms with Crippen LogP contribution in [-0.2, 0) is 0 Å². The highest BCUT2D eigenvalue weighted by Gasteiger charge is 2.55. The number of rotatable bonds is 3. The lowest BCUT2D eigenvalue weighted by atomic mass is 9.75. The molecule has 1 aliphatic heterocycles. The summed E-state index contributed by atoms with van der Waals surface area (Å²) in [7, 11) is 0. The van der Waals surface area contributed by atoms with Crippen LogP contribution in [0, 0.1) is 12.7 Å². The summed E-state index contributed by atoms with van der Waals surface area (Å²) in [6.45, 7) is 11.7. The highest BCUT2D eigenvalue weighted by atomic mass is 19.1. The Labute approximate surface area is 149 Å². The standard InChI is InChI=1S/C20H29FN2O2/c1-6-9-20(22)10-11-23(18(24)25,19(3,4)5)17(13-20)16-8-7-15(21)12-14(16)2/h6-8,12,17H,1,9-11,13,22H2,2-5H3/t17-,20+,23?/m1/s1. The molecular weight excluding hydrogens is 319 g/mol. The summed E-state index contributed by atoms with van der Waals surface area (Å²) in [5, 5.41) is 12.4. The van der Waals surface area contributed by atoms with Gasteiger partial charge in [0.15, 0.2) is 0 Å². The molecule has 3 atom stereocenters.